The Kier molecular flexibility index (Phi) is 3.49. The lowest BCUT2D eigenvalue weighted by Crippen LogP contribution is -2.60. The van der Waals surface area contributed by atoms with Gasteiger partial charge in [-0.05, 0) is 73.5 Å². The van der Waals surface area contributed by atoms with Gasteiger partial charge in [-0.2, -0.15) is 0 Å². The number of carbonyl (C=O) groups excluding carboxylic acids is 1. The number of fused-ring (bicyclic) bond motifs is 3. The Morgan fingerprint density at radius 2 is 1.88 bits per heavy atom. The van der Waals surface area contributed by atoms with Gasteiger partial charge in [0.25, 0.3) is 0 Å². The van der Waals surface area contributed by atoms with Crippen molar-refractivity contribution in [1.82, 2.24) is 0 Å². The van der Waals surface area contributed by atoms with Gasteiger partial charge in [0.05, 0.1) is 17.9 Å². The molecule has 4 heteroatoms. The van der Waals surface area contributed by atoms with Gasteiger partial charge in [-0.1, -0.05) is 13.8 Å². The number of ketones is 1. The highest BCUT2D eigenvalue weighted by Crippen LogP contribution is 2.71. The lowest BCUT2D eigenvalue weighted by atomic mass is 9.41. The minimum atomic E-state index is -0.608. The number of aliphatic hydroxyl groups excluding tert-OH is 1. The third-order valence-electron chi connectivity index (χ3n) is 8.89. The maximum atomic E-state index is 12.6. The Morgan fingerprint density at radius 3 is 2.54 bits per heavy atom. The molecule has 0 aliphatic heterocycles. The van der Waals surface area contributed by atoms with Crippen molar-refractivity contribution in [2.24, 2.45) is 39.9 Å². The second-order valence-corrected chi connectivity index (χ2v) is 9.70. The molecule has 7 atom stereocenters. The number of carbonyl (C=O) groups is 2. The third-order valence-corrected chi connectivity index (χ3v) is 8.89. The van der Waals surface area contributed by atoms with Crippen LogP contribution in [-0.4, -0.2) is 28.6 Å². The number of carboxylic acids is 1. The van der Waals surface area contributed by atoms with Crippen molar-refractivity contribution >= 4 is 11.8 Å². The van der Waals surface area contributed by atoms with Gasteiger partial charge in [0.2, 0.25) is 0 Å². The maximum Gasteiger partial charge on any atom is 0.306 e. The largest absolute Gasteiger partial charge is 0.481 e. The van der Waals surface area contributed by atoms with Gasteiger partial charge in [0.15, 0.2) is 0 Å². The summed E-state index contributed by atoms with van der Waals surface area (Å²) >= 11 is 0. The molecule has 0 unspecified atom stereocenters. The van der Waals surface area contributed by atoms with Crippen molar-refractivity contribution in [2.45, 2.75) is 65.2 Å². The zero-order chi connectivity index (χ0) is 17.3. The number of rotatable bonds is 2. The fourth-order valence-electron chi connectivity index (χ4n) is 7.78. The first-order valence-electron chi connectivity index (χ1n) is 9.64. The van der Waals surface area contributed by atoms with Crippen LogP contribution >= 0.6 is 0 Å². The normalized spacial score (nSPS) is 53.4. The smallest absolute Gasteiger partial charge is 0.306 e. The van der Waals surface area contributed by atoms with E-state index in [4.69, 9.17) is 0 Å². The molecule has 4 aliphatic rings. The summed E-state index contributed by atoms with van der Waals surface area (Å²) in [6.07, 6.45) is 7.54. The lowest BCUT2D eigenvalue weighted by molar-refractivity contribution is -0.173. The van der Waals surface area contributed by atoms with Crippen LogP contribution in [0.3, 0.4) is 0 Å². The third kappa shape index (κ3) is 1.89. The van der Waals surface area contributed by atoms with Gasteiger partial charge in [0.1, 0.15) is 5.78 Å². The molecule has 4 nitrogen and oxygen atoms in total. The van der Waals surface area contributed by atoms with Gasteiger partial charge in [-0.3, -0.25) is 9.59 Å². The minimum absolute atomic E-state index is 0.0494. The molecule has 0 aromatic heterocycles. The zero-order valence-electron chi connectivity index (χ0n) is 14.9. The fraction of sp³-hybridized carbons (Fsp3) is 0.900. The van der Waals surface area contributed by atoms with E-state index in [2.05, 4.69) is 6.92 Å². The summed E-state index contributed by atoms with van der Waals surface area (Å²) in [4.78, 5) is 24.3. The van der Waals surface area contributed by atoms with Gasteiger partial charge < -0.3 is 10.2 Å². The van der Waals surface area contributed by atoms with Gasteiger partial charge in [0, 0.05) is 6.42 Å². The first-order valence-corrected chi connectivity index (χ1v) is 9.64. The van der Waals surface area contributed by atoms with E-state index in [1.54, 1.807) is 0 Å². The van der Waals surface area contributed by atoms with Crippen LogP contribution < -0.4 is 0 Å². The van der Waals surface area contributed by atoms with Crippen molar-refractivity contribution in [1.29, 1.82) is 0 Å². The van der Waals surface area contributed by atoms with Crippen molar-refractivity contribution in [3.05, 3.63) is 0 Å². The Morgan fingerprint density at radius 1 is 1.12 bits per heavy atom. The summed E-state index contributed by atoms with van der Waals surface area (Å²) in [5.41, 5.74) is -0.355. The van der Waals surface area contributed by atoms with Crippen LogP contribution in [0.4, 0.5) is 0 Å². The molecule has 2 N–H and O–H groups in total. The number of carboxylic acid groups (broad SMARTS) is 1. The Bertz CT molecular complexity index is 586. The van der Waals surface area contributed by atoms with Crippen molar-refractivity contribution in [3.8, 4) is 0 Å². The van der Waals surface area contributed by atoms with E-state index in [0.29, 0.717) is 18.3 Å². The van der Waals surface area contributed by atoms with E-state index in [9.17, 15) is 19.8 Å². The van der Waals surface area contributed by atoms with Crippen LogP contribution in [0, 0.1) is 39.9 Å². The van der Waals surface area contributed by atoms with E-state index < -0.39 is 11.4 Å². The quantitative estimate of drug-likeness (QED) is 0.813. The van der Waals surface area contributed by atoms with E-state index in [-0.39, 0.29) is 35.1 Å². The molecule has 134 valence electrons. The molecule has 1 spiro atoms. The van der Waals surface area contributed by atoms with E-state index in [1.165, 1.54) is 0 Å². The molecule has 4 fully saturated rings. The highest BCUT2D eigenvalue weighted by atomic mass is 16.4. The number of hydrogen-bond acceptors (Lipinski definition) is 3. The summed E-state index contributed by atoms with van der Waals surface area (Å²) in [5, 5.41) is 19.6. The summed E-state index contributed by atoms with van der Waals surface area (Å²) in [7, 11) is 0. The number of aliphatic hydroxyl groups is 1. The summed E-state index contributed by atoms with van der Waals surface area (Å²) in [6, 6.07) is 0. The average Bonchev–Trinajstić information content (AvgIpc) is 2.82. The Labute approximate surface area is 144 Å². The molecule has 0 amide bonds. The second kappa shape index (κ2) is 5.06. The molecule has 0 radical (unpaired) electrons. The molecule has 4 saturated carbocycles. The predicted molar refractivity (Wildman–Crippen MR) is 89.3 cm³/mol. The maximum absolute atomic E-state index is 12.6. The minimum Gasteiger partial charge on any atom is -0.481 e. The van der Waals surface area contributed by atoms with E-state index in [0.717, 1.165) is 44.9 Å². The predicted octanol–water partition coefficient (Wildman–Crippen LogP) is 3.27. The second-order valence-electron chi connectivity index (χ2n) is 9.70. The molecular formula is C20H30O4. The molecule has 24 heavy (non-hydrogen) atoms. The van der Waals surface area contributed by atoms with Crippen LogP contribution in [0.1, 0.15) is 65.2 Å². The zero-order valence-corrected chi connectivity index (χ0v) is 14.9. The lowest BCUT2D eigenvalue weighted by Gasteiger charge is -2.63. The number of hydrogen-bond donors (Lipinski definition) is 2. The molecule has 0 aromatic rings. The van der Waals surface area contributed by atoms with E-state index >= 15 is 0 Å². The van der Waals surface area contributed by atoms with Gasteiger partial charge in [-0.25, -0.2) is 0 Å². The van der Waals surface area contributed by atoms with Crippen molar-refractivity contribution in [3.63, 3.8) is 0 Å². The first kappa shape index (κ1) is 16.6. The van der Waals surface area contributed by atoms with Gasteiger partial charge >= 0.3 is 5.97 Å². The topological polar surface area (TPSA) is 74.6 Å². The van der Waals surface area contributed by atoms with Gasteiger partial charge in [-0.15, -0.1) is 0 Å². The Balaban J connectivity index is 1.71. The molecule has 0 saturated heterocycles. The standard InChI is InChI=1S/C20H30O4/c1-18-7-6-16(22)19(2,11-21)14(18)5-8-20-9-12(3-4-15(18)20)13(10-20)17(23)24/h12-15,21H,3-11H2,1-2H3,(H,23,24)/t12-,13-,14+,15+,18-,19+,20-/m0/s1. The summed E-state index contributed by atoms with van der Waals surface area (Å²) in [6.45, 7) is 4.26. The summed E-state index contributed by atoms with van der Waals surface area (Å²) < 4.78 is 0. The Hall–Kier alpha value is -0.900. The van der Waals surface area contributed by atoms with Crippen LogP contribution in [0.25, 0.3) is 0 Å². The molecule has 2 bridgehead atoms. The fourth-order valence-corrected chi connectivity index (χ4v) is 7.78. The monoisotopic (exact) mass is 334 g/mol. The molecular weight excluding hydrogens is 304 g/mol. The average molecular weight is 334 g/mol. The van der Waals surface area contributed by atoms with Crippen LogP contribution in [0.15, 0.2) is 0 Å². The molecule has 0 heterocycles. The highest BCUT2D eigenvalue weighted by Gasteiger charge is 2.66. The van der Waals surface area contributed by atoms with Crippen LogP contribution in [-0.2, 0) is 9.59 Å². The number of aliphatic carboxylic acids is 1. The molecule has 4 rings (SSSR count). The van der Waals surface area contributed by atoms with Crippen molar-refractivity contribution in [2.75, 3.05) is 6.61 Å². The van der Waals surface area contributed by atoms with Crippen molar-refractivity contribution < 1.29 is 19.8 Å². The summed E-state index contributed by atoms with van der Waals surface area (Å²) in [5.74, 6) is 0.573. The first-order chi connectivity index (χ1) is 11.3. The number of Topliss-reactive ketones (excluding diaryl/α,β-unsaturated/α-hetero) is 1. The van der Waals surface area contributed by atoms with Crippen LogP contribution in [0.5, 0.6) is 0 Å². The molecule has 4 aliphatic carbocycles. The highest BCUT2D eigenvalue weighted by molar-refractivity contribution is 5.86. The SMILES string of the molecule is C[C@]12CCC(=O)[C@](C)(CO)[C@@H]1CC[C@@]13C[C@H](CC[C@@H]12)[C@@H](C(=O)O)C3. The van der Waals surface area contributed by atoms with E-state index in [1.807, 2.05) is 6.92 Å². The van der Waals surface area contributed by atoms with Crippen LogP contribution in [0.2, 0.25) is 0 Å². The molecule has 0 aromatic carbocycles.